The van der Waals surface area contributed by atoms with Gasteiger partial charge >= 0.3 is 0 Å². The summed E-state index contributed by atoms with van der Waals surface area (Å²) in [6, 6.07) is 15.1. The molecule has 0 aromatic heterocycles. The average Bonchev–Trinajstić information content (AvgIpc) is 3.24. The van der Waals surface area contributed by atoms with Gasteiger partial charge in [0.05, 0.1) is 0 Å². The topological polar surface area (TPSA) is 35.6 Å². The smallest absolute Gasteiger partial charge is 0.254 e. The summed E-state index contributed by atoms with van der Waals surface area (Å²) >= 11 is 0. The Morgan fingerprint density at radius 3 is 2.60 bits per heavy atom. The number of amides is 1. The molecule has 2 aliphatic heterocycles. The lowest BCUT2D eigenvalue weighted by Crippen LogP contribution is -2.24. The molecule has 0 aliphatic carbocycles. The Kier molecular flexibility index (Phi) is 4.55. The van der Waals surface area contributed by atoms with Crippen molar-refractivity contribution in [2.75, 3.05) is 26.3 Å². The van der Waals surface area contributed by atoms with Gasteiger partial charge in [-0.3, -0.25) is 9.69 Å². The van der Waals surface area contributed by atoms with E-state index >= 15 is 0 Å². The van der Waals surface area contributed by atoms with E-state index in [4.69, 9.17) is 0 Å². The summed E-state index contributed by atoms with van der Waals surface area (Å²) in [6.07, 6.45) is 1.00. The van der Waals surface area contributed by atoms with Gasteiger partial charge in [0.15, 0.2) is 0 Å². The molecule has 0 bridgehead atoms. The van der Waals surface area contributed by atoms with Crippen LogP contribution in [0.4, 0.5) is 0 Å². The van der Waals surface area contributed by atoms with Gasteiger partial charge in [0, 0.05) is 45.0 Å². The molecule has 2 aromatic rings. The Bertz CT molecular complexity index is 763. The fourth-order valence-corrected chi connectivity index (χ4v) is 3.76. The second kappa shape index (κ2) is 6.98. The number of benzene rings is 2. The summed E-state index contributed by atoms with van der Waals surface area (Å²) in [7, 11) is 0. The van der Waals surface area contributed by atoms with Gasteiger partial charge < -0.3 is 10.2 Å². The van der Waals surface area contributed by atoms with Gasteiger partial charge in [0.2, 0.25) is 0 Å². The number of nitrogens with zero attached hydrogens (tertiary/aromatic N) is 2. The minimum absolute atomic E-state index is 0.179. The molecular formula is C21H25N3O. The van der Waals surface area contributed by atoms with Crippen LogP contribution >= 0.6 is 0 Å². The lowest BCUT2D eigenvalue weighted by Gasteiger charge is -2.14. The maximum absolute atomic E-state index is 12.4. The van der Waals surface area contributed by atoms with Crippen LogP contribution < -0.4 is 5.32 Å². The largest absolute Gasteiger partial charge is 0.334 e. The van der Waals surface area contributed by atoms with E-state index in [1.54, 1.807) is 0 Å². The molecule has 2 aromatic carbocycles. The number of nitrogens with one attached hydrogen (secondary N) is 1. The molecule has 1 saturated heterocycles. The van der Waals surface area contributed by atoms with Gasteiger partial charge in [-0.2, -0.15) is 0 Å². The van der Waals surface area contributed by atoms with Crippen molar-refractivity contribution in [2.24, 2.45) is 0 Å². The molecule has 2 heterocycles. The van der Waals surface area contributed by atoms with Crippen molar-refractivity contribution >= 4 is 5.91 Å². The number of hydrogen-bond donors (Lipinski definition) is 1. The number of fused-ring (bicyclic) bond motifs is 1. The standard InChI is InChI=1S/C21H25N3O/c1-2-10-24-14-19-12-18(7-8-20(19)21(24)25)17-5-3-16(4-6-17)13-23-11-9-22-15-23/h3-8,12,22H,2,9-11,13-15H2,1H3. The first kappa shape index (κ1) is 16.3. The molecule has 0 atom stereocenters. The lowest BCUT2D eigenvalue weighted by atomic mass is 9.99. The second-order valence-electron chi connectivity index (χ2n) is 7.01. The Morgan fingerprint density at radius 2 is 1.88 bits per heavy atom. The molecule has 25 heavy (non-hydrogen) atoms. The molecular weight excluding hydrogens is 310 g/mol. The third-order valence-electron chi connectivity index (χ3n) is 5.11. The van der Waals surface area contributed by atoms with E-state index in [1.807, 2.05) is 11.0 Å². The molecule has 130 valence electrons. The van der Waals surface area contributed by atoms with Crippen LogP contribution in [0.1, 0.15) is 34.8 Å². The maximum atomic E-state index is 12.4. The highest BCUT2D eigenvalue weighted by atomic mass is 16.2. The minimum atomic E-state index is 0.179. The molecule has 4 nitrogen and oxygen atoms in total. The van der Waals surface area contributed by atoms with Crippen LogP contribution in [0.25, 0.3) is 11.1 Å². The lowest BCUT2D eigenvalue weighted by molar-refractivity contribution is 0.0778. The zero-order chi connectivity index (χ0) is 17.2. The third-order valence-corrected chi connectivity index (χ3v) is 5.11. The second-order valence-corrected chi connectivity index (χ2v) is 7.01. The van der Waals surface area contributed by atoms with Crippen molar-refractivity contribution in [2.45, 2.75) is 26.4 Å². The number of rotatable bonds is 5. The fraction of sp³-hybridized carbons (Fsp3) is 0.381. The molecule has 4 rings (SSSR count). The van der Waals surface area contributed by atoms with Crippen molar-refractivity contribution < 1.29 is 4.79 Å². The Balaban J connectivity index is 1.51. The molecule has 2 aliphatic rings. The van der Waals surface area contributed by atoms with Gasteiger partial charge in [-0.1, -0.05) is 37.3 Å². The number of carbonyl (C=O) groups excluding carboxylic acids is 1. The minimum Gasteiger partial charge on any atom is -0.334 e. The Morgan fingerprint density at radius 1 is 1.08 bits per heavy atom. The molecule has 0 radical (unpaired) electrons. The van der Waals surface area contributed by atoms with Crippen molar-refractivity contribution in [1.82, 2.24) is 15.1 Å². The van der Waals surface area contributed by atoms with Crippen LogP contribution in [0.5, 0.6) is 0 Å². The van der Waals surface area contributed by atoms with Crippen LogP contribution in [-0.2, 0) is 13.1 Å². The van der Waals surface area contributed by atoms with Crippen molar-refractivity contribution in [3.05, 3.63) is 59.2 Å². The van der Waals surface area contributed by atoms with Gasteiger partial charge in [0.25, 0.3) is 5.91 Å². The van der Waals surface area contributed by atoms with Gasteiger partial charge in [-0.15, -0.1) is 0 Å². The van der Waals surface area contributed by atoms with Gasteiger partial charge in [0.1, 0.15) is 0 Å². The molecule has 4 heteroatoms. The maximum Gasteiger partial charge on any atom is 0.254 e. The van der Waals surface area contributed by atoms with E-state index in [-0.39, 0.29) is 5.91 Å². The zero-order valence-corrected chi connectivity index (χ0v) is 14.8. The fourth-order valence-electron chi connectivity index (χ4n) is 3.76. The highest BCUT2D eigenvalue weighted by molar-refractivity contribution is 5.99. The van der Waals surface area contributed by atoms with Gasteiger partial charge in [-0.05, 0) is 40.8 Å². The van der Waals surface area contributed by atoms with Crippen LogP contribution in [-0.4, -0.2) is 42.0 Å². The van der Waals surface area contributed by atoms with E-state index in [1.165, 1.54) is 16.7 Å². The normalized spacial score (nSPS) is 17.3. The summed E-state index contributed by atoms with van der Waals surface area (Å²) in [6.45, 7) is 7.88. The van der Waals surface area contributed by atoms with Crippen molar-refractivity contribution in [3.8, 4) is 11.1 Å². The van der Waals surface area contributed by atoms with E-state index in [9.17, 15) is 4.79 Å². The molecule has 1 fully saturated rings. The molecule has 1 amide bonds. The van der Waals surface area contributed by atoms with Crippen LogP contribution in [0.3, 0.4) is 0 Å². The Labute approximate surface area is 149 Å². The summed E-state index contributed by atoms with van der Waals surface area (Å²) in [5.74, 6) is 0.179. The third kappa shape index (κ3) is 3.32. The monoisotopic (exact) mass is 335 g/mol. The van der Waals surface area contributed by atoms with E-state index in [0.717, 1.165) is 56.9 Å². The van der Waals surface area contributed by atoms with E-state index < -0.39 is 0 Å². The average molecular weight is 335 g/mol. The first-order valence-corrected chi connectivity index (χ1v) is 9.19. The summed E-state index contributed by atoms with van der Waals surface area (Å²) in [4.78, 5) is 16.7. The van der Waals surface area contributed by atoms with Crippen LogP contribution in [0.2, 0.25) is 0 Å². The van der Waals surface area contributed by atoms with Gasteiger partial charge in [-0.25, -0.2) is 0 Å². The molecule has 1 N–H and O–H groups in total. The SMILES string of the molecule is CCCN1Cc2cc(-c3ccc(CN4CCNC4)cc3)ccc2C1=O. The van der Waals surface area contributed by atoms with Crippen molar-refractivity contribution in [3.63, 3.8) is 0 Å². The van der Waals surface area contributed by atoms with E-state index in [0.29, 0.717) is 0 Å². The molecule has 0 saturated carbocycles. The number of hydrogen-bond acceptors (Lipinski definition) is 3. The van der Waals surface area contributed by atoms with Crippen molar-refractivity contribution in [1.29, 1.82) is 0 Å². The zero-order valence-electron chi connectivity index (χ0n) is 14.8. The predicted octanol–water partition coefficient (Wildman–Crippen LogP) is 3.08. The first-order chi connectivity index (χ1) is 12.2. The first-order valence-electron chi connectivity index (χ1n) is 9.19. The summed E-state index contributed by atoms with van der Waals surface area (Å²) in [5.41, 5.74) is 5.78. The molecule has 0 unspecified atom stereocenters. The number of carbonyl (C=O) groups is 1. The summed E-state index contributed by atoms with van der Waals surface area (Å²) in [5, 5.41) is 3.36. The summed E-state index contributed by atoms with van der Waals surface area (Å²) < 4.78 is 0. The predicted molar refractivity (Wildman–Crippen MR) is 100 cm³/mol. The highest BCUT2D eigenvalue weighted by Crippen LogP contribution is 2.29. The quantitative estimate of drug-likeness (QED) is 0.912. The van der Waals surface area contributed by atoms with Crippen LogP contribution in [0, 0.1) is 0 Å². The Hall–Kier alpha value is -2.17. The molecule has 0 spiro atoms. The van der Waals surface area contributed by atoms with Crippen LogP contribution in [0.15, 0.2) is 42.5 Å². The van der Waals surface area contributed by atoms with E-state index in [2.05, 4.69) is 53.5 Å². The highest BCUT2D eigenvalue weighted by Gasteiger charge is 2.26.